The van der Waals surface area contributed by atoms with Gasteiger partial charge in [-0.05, 0) is 50.0 Å². The monoisotopic (exact) mass is 348 g/mol. The van der Waals surface area contributed by atoms with Gasteiger partial charge in [-0.3, -0.25) is 4.99 Å². The molecule has 2 N–H and O–H groups in total. The van der Waals surface area contributed by atoms with Crippen LogP contribution in [0.2, 0.25) is 0 Å². The summed E-state index contributed by atoms with van der Waals surface area (Å²) in [4.78, 5) is 6.82. The number of hydrogen-bond donors (Lipinski definition) is 2. The van der Waals surface area contributed by atoms with Crippen LogP contribution < -0.4 is 20.1 Å². The molecule has 6 nitrogen and oxygen atoms in total. The van der Waals surface area contributed by atoms with Crippen LogP contribution in [0.1, 0.15) is 24.8 Å². The van der Waals surface area contributed by atoms with Gasteiger partial charge in [0.15, 0.2) is 17.5 Å². The number of guanidine groups is 1. The summed E-state index contributed by atoms with van der Waals surface area (Å²) in [5.74, 6) is 2.39. The van der Waals surface area contributed by atoms with Gasteiger partial charge in [0.25, 0.3) is 0 Å². The van der Waals surface area contributed by atoms with Crippen molar-refractivity contribution >= 4 is 5.96 Å². The molecule has 0 radical (unpaired) electrons. The largest absolute Gasteiger partial charge is 0.493 e. The van der Waals surface area contributed by atoms with Crippen molar-refractivity contribution in [1.29, 1.82) is 0 Å². The third kappa shape index (κ3) is 6.46. The highest BCUT2D eigenvalue weighted by Gasteiger charge is 2.09. The molecule has 140 valence electrons. The molecule has 0 unspecified atom stereocenters. The molecule has 0 aromatic heterocycles. The normalized spacial score (nSPS) is 15.7. The van der Waals surface area contributed by atoms with Crippen LogP contribution in [0, 0.1) is 0 Å². The Hall–Kier alpha value is -1.95. The second-order valence-electron chi connectivity index (χ2n) is 6.27. The van der Waals surface area contributed by atoms with Gasteiger partial charge in [0.2, 0.25) is 0 Å². The van der Waals surface area contributed by atoms with Crippen molar-refractivity contribution in [3.63, 3.8) is 0 Å². The van der Waals surface area contributed by atoms with E-state index in [1.165, 1.54) is 37.9 Å². The minimum atomic E-state index is 0.759. The molecular formula is C19H32N4O2. The molecule has 0 spiro atoms. The highest BCUT2D eigenvalue weighted by atomic mass is 16.5. The molecule has 25 heavy (non-hydrogen) atoms. The minimum absolute atomic E-state index is 0.759. The Labute approximate surface area is 151 Å². The van der Waals surface area contributed by atoms with Crippen LogP contribution in [-0.2, 0) is 6.42 Å². The van der Waals surface area contributed by atoms with E-state index in [0.29, 0.717) is 0 Å². The van der Waals surface area contributed by atoms with Gasteiger partial charge in [0, 0.05) is 26.7 Å². The predicted octanol–water partition coefficient (Wildman–Crippen LogP) is 1.90. The maximum absolute atomic E-state index is 5.35. The molecule has 0 aliphatic carbocycles. The van der Waals surface area contributed by atoms with E-state index in [9.17, 15) is 0 Å². The first kappa shape index (κ1) is 19.4. The summed E-state index contributed by atoms with van der Waals surface area (Å²) in [6.07, 6.45) is 4.94. The number of hydrogen-bond acceptors (Lipinski definition) is 4. The Bertz CT molecular complexity index is 542. The summed E-state index contributed by atoms with van der Waals surface area (Å²) in [7, 11) is 5.12. The van der Waals surface area contributed by atoms with Crippen LogP contribution in [0.4, 0.5) is 0 Å². The lowest BCUT2D eigenvalue weighted by Gasteiger charge is -2.26. The molecule has 2 rings (SSSR count). The first-order valence-corrected chi connectivity index (χ1v) is 9.14. The van der Waals surface area contributed by atoms with Crippen molar-refractivity contribution in [2.75, 3.05) is 54.0 Å². The molecular weight excluding hydrogens is 316 g/mol. The van der Waals surface area contributed by atoms with E-state index in [-0.39, 0.29) is 0 Å². The first-order valence-electron chi connectivity index (χ1n) is 9.14. The Morgan fingerprint density at radius 1 is 1.04 bits per heavy atom. The Morgan fingerprint density at radius 3 is 2.44 bits per heavy atom. The number of nitrogens with zero attached hydrogens (tertiary/aromatic N) is 2. The van der Waals surface area contributed by atoms with Gasteiger partial charge in [-0.1, -0.05) is 12.5 Å². The molecule has 0 amide bonds. The number of likely N-dealkylation sites (tertiary alicyclic amines) is 1. The van der Waals surface area contributed by atoms with Crippen LogP contribution in [0.5, 0.6) is 11.5 Å². The van der Waals surface area contributed by atoms with E-state index < -0.39 is 0 Å². The molecule has 1 aliphatic heterocycles. The maximum Gasteiger partial charge on any atom is 0.191 e. The number of piperidine rings is 1. The third-order valence-electron chi connectivity index (χ3n) is 4.55. The zero-order valence-electron chi connectivity index (χ0n) is 15.8. The molecule has 1 heterocycles. The third-order valence-corrected chi connectivity index (χ3v) is 4.55. The molecule has 1 fully saturated rings. The summed E-state index contributed by atoms with van der Waals surface area (Å²) < 4.78 is 10.6. The van der Waals surface area contributed by atoms with Crippen molar-refractivity contribution < 1.29 is 9.47 Å². The van der Waals surface area contributed by atoms with Gasteiger partial charge < -0.3 is 25.0 Å². The second kappa shape index (κ2) is 10.8. The number of methoxy groups -OCH3 is 2. The Balaban J connectivity index is 1.70. The molecule has 6 heteroatoms. The van der Waals surface area contributed by atoms with Crippen LogP contribution in [0.3, 0.4) is 0 Å². The molecule has 0 atom stereocenters. The molecule has 0 saturated carbocycles. The molecule has 0 bridgehead atoms. The zero-order valence-corrected chi connectivity index (χ0v) is 15.8. The van der Waals surface area contributed by atoms with E-state index in [0.717, 1.165) is 43.5 Å². The summed E-state index contributed by atoms with van der Waals surface area (Å²) in [6.45, 7) is 5.28. The van der Waals surface area contributed by atoms with Crippen LogP contribution in [-0.4, -0.2) is 64.9 Å². The van der Waals surface area contributed by atoms with Gasteiger partial charge in [-0.15, -0.1) is 0 Å². The topological polar surface area (TPSA) is 58.1 Å². The van der Waals surface area contributed by atoms with Crippen LogP contribution in [0.25, 0.3) is 0 Å². The summed E-state index contributed by atoms with van der Waals surface area (Å²) in [5, 5.41) is 6.77. The molecule has 1 saturated heterocycles. The van der Waals surface area contributed by atoms with Gasteiger partial charge in [-0.2, -0.15) is 0 Å². The Morgan fingerprint density at radius 2 is 1.76 bits per heavy atom. The fraction of sp³-hybridized carbons (Fsp3) is 0.632. The van der Waals surface area contributed by atoms with Crippen molar-refractivity contribution in [2.24, 2.45) is 4.99 Å². The van der Waals surface area contributed by atoms with Crippen LogP contribution in [0.15, 0.2) is 23.2 Å². The lowest BCUT2D eigenvalue weighted by molar-refractivity contribution is 0.232. The summed E-state index contributed by atoms with van der Waals surface area (Å²) in [6, 6.07) is 6.03. The summed E-state index contributed by atoms with van der Waals surface area (Å²) >= 11 is 0. The number of benzene rings is 1. The number of ether oxygens (including phenoxy) is 2. The van der Waals surface area contributed by atoms with E-state index >= 15 is 0 Å². The highest BCUT2D eigenvalue weighted by molar-refractivity contribution is 5.79. The predicted molar refractivity (Wildman–Crippen MR) is 103 cm³/mol. The quantitative estimate of drug-likeness (QED) is 0.555. The fourth-order valence-corrected chi connectivity index (χ4v) is 3.10. The average Bonchev–Trinajstić information content (AvgIpc) is 2.67. The zero-order chi connectivity index (χ0) is 17.9. The molecule has 1 aromatic rings. The minimum Gasteiger partial charge on any atom is -0.493 e. The van der Waals surface area contributed by atoms with Gasteiger partial charge in [0.1, 0.15) is 0 Å². The molecule has 1 aliphatic rings. The van der Waals surface area contributed by atoms with Gasteiger partial charge >= 0.3 is 0 Å². The highest BCUT2D eigenvalue weighted by Crippen LogP contribution is 2.27. The Kier molecular flexibility index (Phi) is 8.39. The lowest BCUT2D eigenvalue weighted by atomic mass is 10.1. The van der Waals surface area contributed by atoms with Crippen molar-refractivity contribution in [1.82, 2.24) is 15.5 Å². The van der Waals surface area contributed by atoms with Crippen molar-refractivity contribution in [2.45, 2.75) is 25.7 Å². The standard InChI is InChI=1S/C19H32N4O2/c1-20-19(22-11-14-23-12-5-4-6-13-23)21-10-9-16-7-8-17(24-2)18(15-16)25-3/h7-8,15H,4-6,9-14H2,1-3H3,(H2,20,21,22). The number of aliphatic imine (C=N–C) groups is 1. The van der Waals surface area contributed by atoms with Crippen molar-refractivity contribution in [3.05, 3.63) is 23.8 Å². The maximum atomic E-state index is 5.35. The van der Waals surface area contributed by atoms with Crippen LogP contribution >= 0.6 is 0 Å². The van der Waals surface area contributed by atoms with Gasteiger partial charge in [0.05, 0.1) is 14.2 Å². The van der Waals surface area contributed by atoms with E-state index in [1.807, 2.05) is 19.2 Å². The first-order chi connectivity index (χ1) is 12.3. The van der Waals surface area contributed by atoms with Gasteiger partial charge in [-0.25, -0.2) is 0 Å². The van der Waals surface area contributed by atoms with E-state index in [1.54, 1.807) is 14.2 Å². The smallest absolute Gasteiger partial charge is 0.191 e. The van der Waals surface area contributed by atoms with E-state index in [2.05, 4.69) is 26.6 Å². The second-order valence-corrected chi connectivity index (χ2v) is 6.27. The van der Waals surface area contributed by atoms with Crippen molar-refractivity contribution in [3.8, 4) is 11.5 Å². The average molecular weight is 348 g/mol. The number of rotatable bonds is 8. The fourth-order valence-electron chi connectivity index (χ4n) is 3.10. The summed E-state index contributed by atoms with van der Waals surface area (Å²) in [5.41, 5.74) is 1.20. The lowest BCUT2D eigenvalue weighted by Crippen LogP contribution is -2.43. The van der Waals surface area contributed by atoms with E-state index in [4.69, 9.17) is 9.47 Å². The molecule has 1 aromatic carbocycles. The SMILES string of the molecule is CN=C(NCCc1ccc(OC)c(OC)c1)NCCN1CCCCC1. The number of nitrogens with one attached hydrogen (secondary N) is 2.